The number of esters is 1. The van der Waals surface area contributed by atoms with Crippen molar-refractivity contribution in [2.24, 2.45) is 22.7 Å². The minimum absolute atomic E-state index is 0.0928. The third-order valence-electron chi connectivity index (χ3n) is 8.42. The Kier molecular flexibility index (Phi) is 4.47. The lowest BCUT2D eigenvalue weighted by Gasteiger charge is -2.61. The number of aliphatic hydroxyl groups is 1. The van der Waals surface area contributed by atoms with E-state index in [0.717, 1.165) is 37.7 Å². The summed E-state index contributed by atoms with van der Waals surface area (Å²) in [6.07, 6.45) is 8.19. The van der Waals surface area contributed by atoms with Gasteiger partial charge in [-0.15, -0.1) is 0 Å². The standard InChI is InChI=1S/C22H32O5/c1-14-17(26-15(2)24)11-20(3)18(5-6-19-21(20,4)27-19)22(14,13-23)9-7-16-8-10-25-12-16/h8,10,12,14,17-19,23H,5-7,9,11,13H2,1-4H3. The fraction of sp³-hybridized carbons (Fsp3) is 0.773. The van der Waals surface area contributed by atoms with E-state index in [1.54, 1.807) is 12.5 Å². The van der Waals surface area contributed by atoms with Crippen molar-refractivity contribution in [1.82, 2.24) is 0 Å². The zero-order chi connectivity index (χ0) is 19.4. The van der Waals surface area contributed by atoms with Gasteiger partial charge in [0.2, 0.25) is 0 Å². The fourth-order valence-corrected chi connectivity index (χ4v) is 6.53. The molecule has 2 aliphatic carbocycles. The molecule has 7 unspecified atom stereocenters. The van der Waals surface area contributed by atoms with Crippen LogP contribution in [-0.4, -0.2) is 35.5 Å². The molecule has 1 saturated heterocycles. The first-order chi connectivity index (χ1) is 12.8. The van der Waals surface area contributed by atoms with Gasteiger partial charge in [-0.25, -0.2) is 0 Å². The first kappa shape index (κ1) is 19.0. The molecule has 3 fully saturated rings. The molecule has 5 nitrogen and oxygen atoms in total. The highest BCUT2D eigenvalue weighted by Crippen LogP contribution is 2.70. The van der Waals surface area contributed by atoms with Crippen molar-refractivity contribution in [3.63, 3.8) is 0 Å². The van der Waals surface area contributed by atoms with Gasteiger partial charge in [0.1, 0.15) is 6.10 Å². The van der Waals surface area contributed by atoms with Gasteiger partial charge >= 0.3 is 5.97 Å². The summed E-state index contributed by atoms with van der Waals surface area (Å²) in [4.78, 5) is 11.8. The molecular weight excluding hydrogens is 344 g/mol. The molecule has 1 N–H and O–H groups in total. The number of furan rings is 1. The van der Waals surface area contributed by atoms with Gasteiger partial charge in [0, 0.05) is 30.3 Å². The van der Waals surface area contributed by atoms with Gasteiger partial charge in [-0.05, 0) is 56.6 Å². The number of aliphatic hydroxyl groups excluding tert-OH is 1. The van der Waals surface area contributed by atoms with Gasteiger partial charge < -0.3 is 19.0 Å². The van der Waals surface area contributed by atoms with Crippen LogP contribution in [0.15, 0.2) is 23.0 Å². The number of epoxide rings is 1. The van der Waals surface area contributed by atoms with Crippen molar-refractivity contribution in [3.05, 3.63) is 24.2 Å². The smallest absolute Gasteiger partial charge is 0.302 e. The van der Waals surface area contributed by atoms with Gasteiger partial charge in [-0.3, -0.25) is 4.79 Å². The first-order valence-electron chi connectivity index (χ1n) is 10.2. The van der Waals surface area contributed by atoms with Crippen LogP contribution in [0, 0.1) is 22.7 Å². The molecule has 4 rings (SSSR count). The van der Waals surface area contributed by atoms with Gasteiger partial charge in [-0.2, -0.15) is 0 Å². The normalized spacial score (nSPS) is 45.7. The number of carbonyl (C=O) groups is 1. The summed E-state index contributed by atoms with van der Waals surface area (Å²) in [6.45, 7) is 8.24. The molecule has 150 valence electrons. The lowest BCUT2D eigenvalue weighted by Crippen LogP contribution is -2.63. The number of rotatable bonds is 5. The first-order valence-corrected chi connectivity index (χ1v) is 10.2. The van der Waals surface area contributed by atoms with E-state index in [1.807, 2.05) is 6.07 Å². The maximum atomic E-state index is 11.8. The van der Waals surface area contributed by atoms with E-state index in [4.69, 9.17) is 13.9 Å². The summed E-state index contributed by atoms with van der Waals surface area (Å²) in [5.41, 5.74) is 0.560. The second kappa shape index (κ2) is 6.35. The Morgan fingerprint density at radius 1 is 1.37 bits per heavy atom. The molecule has 0 bridgehead atoms. The number of aryl methyl sites for hydroxylation is 1. The summed E-state index contributed by atoms with van der Waals surface area (Å²) in [7, 11) is 0. The zero-order valence-electron chi connectivity index (χ0n) is 16.9. The van der Waals surface area contributed by atoms with E-state index in [9.17, 15) is 9.90 Å². The third kappa shape index (κ3) is 2.69. The highest BCUT2D eigenvalue weighted by atomic mass is 16.6. The molecule has 27 heavy (non-hydrogen) atoms. The van der Waals surface area contributed by atoms with E-state index in [2.05, 4.69) is 20.8 Å². The summed E-state index contributed by atoms with van der Waals surface area (Å²) >= 11 is 0. The lowest BCUT2D eigenvalue weighted by atomic mass is 9.43. The van der Waals surface area contributed by atoms with E-state index >= 15 is 0 Å². The SMILES string of the molecule is CC(=O)OC1CC2(C)C(CCC3OC32C)C(CO)(CCc2ccoc2)C1C. The summed E-state index contributed by atoms with van der Waals surface area (Å²) in [5.74, 6) is 0.188. The zero-order valence-corrected chi connectivity index (χ0v) is 16.9. The van der Waals surface area contributed by atoms with Crippen LogP contribution in [0.3, 0.4) is 0 Å². The molecule has 0 radical (unpaired) electrons. The van der Waals surface area contributed by atoms with Gasteiger partial charge in [0.05, 0.1) is 24.2 Å². The van der Waals surface area contributed by atoms with Crippen molar-refractivity contribution in [3.8, 4) is 0 Å². The summed E-state index contributed by atoms with van der Waals surface area (Å²) < 4.78 is 17.2. The monoisotopic (exact) mass is 376 g/mol. The van der Waals surface area contributed by atoms with Crippen molar-refractivity contribution >= 4 is 5.97 Å². The quantitative estimate of drug-likeness (QED) is 0.626. The van der Waals surface area contributed by atoms with Crippen LogP contribution in [0.1, 0.15) is 58.9 Å². The predicted molar refractivity (Wildman–Crippen MR) is 100.0 cm³/mol. The third-order valence-corrected chi connectivity index (χ3v) is 8.42. The van der Waals surface area contributed by atoms with E-state index < -0.39 is 0 Å². The van der Waals surface area contributed by atoms with E-state index in [1.165, 1.54) is 6.92 Å². The lowest BCUT2D eigenvalue weighted by molar-refractivity contribution is -0.196. The van der Waals surface area contributed by atoms with Crippen molar-refractivity contribution in [2.45, 2.75) is 77.6 Å². The topological polar surface area (TPSA) is 72.2 Å². The Labute approximate surface area is 161 Å². The Hall–Kier alpha value is -1.33. The molecule has 2 saturated carbocycles. The Balaban J connectivity index is 1.71. The van der Waals surface area contributed by atoms with Gasteiger partial charge in [-0.1, -0.05) is 13.8 Å². The van der Waals surface area contributed by atoms with Crippen LogP contribution in [-0.2, 0) is 20.7 Å². The van der Waals surface area contributed by atoms with Crippen LogP contribution in [0.4, 0.5) is 0 Å². The van der Waals surface area contributed by atoms with E-state index in [-0.39, 0.29) is 41.0 Å². The van der Waals surface area contributed by atoms with Gasteiger partial charge in [0.25, 0.3) is 0 Å². The molecule has 1 aromatic heterocycles. The molecular formula is C22H32O5. The maximum Gasteiger partial charge on any atom is 0.302 e. The number of hydrogen-bond donors (Lipinski definition) is 1. The number of hydrogen-bond acceptors (Lipinski definition) is 5. The Morgan fingerprint density at radius 2 is 2.15 bits per heavy atom. The van der Waals surface area contributed by atoms with E-state index in [0.29, 0.717) is 12.0 Å². The Bertz CT molecular complexity index is 700. The molecule has 1 aromatic rings. The van der Waals surface area contributed by atoms with Crippen LogP contribution < -0.4 is 0 Å². The minimum atomic E-state index is -0.301. The second-order valence-corrected chi connectivity index (χ2v) is 9.42. The molecule has 7 atom stereocenters. The number of fused-ring (bicyclic) bond motifs is 3. The molecule has 0 aromatic carbocycles. The largest absolute Gasteiger partial charge is 0.472 e. The van der Waals surface area contributed by atoms with Crippen LogP contribution in [0.25, 0.3) is 0 Å². The average Bonchev–Trinajstić information content (AvgIpc) is 3.05. The van der Waals surface area contributed by atoms with Gasteiger partial charge in [0.15, 0.2) is 0 Å². The average molecular weight is 376 g/mol. The van der Waals surface area contributed by atoms with Crippen molar-refractivity contribution in [1.29, 1.82) is 0 Å². The highest BCUT2D eigenvalue weighted by Gasteiger charge is 2.74. The summed E-state index contributed by atoms with van der Waals surface area (Å²) in [6, 6.07) is 1.99. The molecule has 1 aliphatic heterocycles. The fourth-order valence-electron chi connectivity index (χ4n) is 6.53. The second-order valence-electron chi connectivity index (χ2n) is 9.42. The van der Waals surface area contributed by atoms with Crippen LogP contribution in [0.2, 0.25) is 0 Å². The highest BCUT2D eigenvalue weighted by molar-refractivity contribution is 5.66. The maximum absolute atomic E-state index is 11.8. The van der Waals surface area contributed by atoms with Crippen LogP contribution in [0.5, 0.6) is 0 Å². The molecule has 5 heteroatoms. The minimum Gasteiger partial charge on any atom is -0.472 e. The molecule has 0 spiro atoms. The van der Waals surface area contributed by atoms with Crippen molar-refractivity contribution < 1.29 is 23.8 Å². The predicted octanol–water partition coefficient (Wildman–Crippen LogP) is 3.74. The van der Waals surface area contributed by atoms with Crippen molar-refractivity contribution in [2.75, 3.05) is 6.61 Å². The molecule has 3 aliphatic rings. The summed E-state index contributed by atoms with van der Waals surface area (Å²) in [5, 5.41) is 10.7. The van der Waals surface area contributed by atoms with Crippen LogP contribution >= 0.6 is 0 Å². The number of ether oxygens (including phenoxy) is 2. The molecule has 2 heterocycles. The number of carbonyl (C=O) groups excluding carboxylic acids is 1. The Morgan fingerprint density at radius 3 is 2.78 bits per heavy atom. The molecule has 0 amide bonds.